The normalized spacial score (nSPS) is 18.7. The van der Waals surface area contributed by atoms with Crippen molar-refractivity contribution in [3.63, 3.8) is 0 Å². The summed E-state index contributed by atoms with van der Waals surface area (Å²) in [6, 6.07) is 6.19. The van der Waals surface area contributed by atoms with E-state index in [2.05, 4.69) is 41.3 Å². The molecule has 1 aliphatic heterocycles. The summed E-state index contributed by atoms with van der Waals surface area (Å²) in [6.45, 7) is 12.3. The van der Waals surface area contributed by atoms with Crippen LogP contribution in [-0.4, -0.2) is 28.3 Å². The Bertz CT molecular complexity index is 728. The van der Waals surface area contributed by atoms with Gasteiger partial charge in [-0.15, -0.1) is 0 Å². The maximum atomic E-state index is 6.01. The van der Waals surface area contributed by atoms with Crippen molar-refractivity contribution < 1.29 is 9.31 Å². The van der Waals surface area contributed by atoms with Crippen LogP contribution in [0.3, 0.4) is 0 Å². The molecule has 6 heteroatoms. The summed E-state index contributed by atoms with van der Waals surface area (Å²) in [5.41, 5.74) is 3.55. The molecule has 2 aromatic rings. The lowest BCUT2D eigenvalue weighted by Crippen LogP contribution is -2.41. The Kier molecular flexibility index (Phi) is 4.14. The Hall–Kier alpha value is -1.92. The maximum Gasteiger partial charge on any atom is 0.498 e. The molecule has 0 radical (unpaired) electrons. The van der Waals surface area contributed by atoms with E-state index in [0.29, 0.717) is 5.95 Å². The van der Waals surface area contributed by atoms with Gasteiger partial charge in [-0.25, -0.2) is 9.97 Å². The predicted molar refractivity (Wildman–Crippen MR) is 96.9 cm³/mol. The van der Waals surface area contributed by atoms with Crippen molar-refractivity contribution in [3.8, 4) is 0 Å². The van der Waals surface area contributed by atoms with Crippen LogP contribution in [0, 0.1) is 13.8 Å². The van der Waals surface area contributed by atoms with E-state index in [4.69, 9.17) is 9.31 Å². The number of nitrogens with one attached hydrogen (secondary N) is 1. The zero-order valence-corrected chi connectivity index (χ0v) is 15.2. The third-order valence-electron chi connectivity index (χ3n) is 4.96. The molecule has 1 aliphatic rings. The van der Waals surface area contributed by atoms with Crippen molar-refractivity contribution in [2.45, 2.75) is 52.7 Å². The van der Waals surface area contributed by atoms with E-state index in [-0.39, 0.29) is 11.2 Å². The van der Waals surface area contributed by atoms with Crippen molar-refractivity contribution in [1.29, 1.82) is 0 Å². The van der Waals surface area contributed by atoms with Crippen LogP contribution in [-0.2, 0) is 9.31 Å². The van der Waals surface area contributed by atoms with E-state index in [9.17, 15) is 0 Å². The summed E-state index contributed by atoms with van der Waals surface area (Å²) < 4.78 is 12.0. The minimum atomic E-state index is -0.439. The molecule has 1 aromatic carbocycles. The Morgan fingerprint density at radius 3 is 2.04 bits per heavy atom. The molecular formula is C18H24BN3O2. The number of hydrogen-bond donors (Lipinski definition) is 1. The molecule has 3 rings (SSSR count). The second kappa shape index (κ2) is 5.86. The van der Waals surface area contributed by atoms with Crippen LogP contribution in [0.15, 0.2) is 30.6 Å². The van der Waals surface area contributed by atoms with Gasteiger partial charge in [-0.2, -0.15) is 0 Å². The number of benzene rings is 1. The number of rotatable bonds is 3. The van der Waals surface area contributed by atoms with E-state index >= 15 is 0 Å². The van der Waals surface area contributed by atoms with Crippen LogP contribution in [0.2, 0.25) is 0 Å². The zero-order chi connectivity index (χ0) is 17.5. The Labute approximate surface area is 144 Å². The molecule has 0 atom stereocenters. The summed E-state index contributed by atoms with van der Waals surface area (Å²) in [6.07, 6.45) is 3.50. The van der Waals surface area contributed by atoms with Crippen LogP contribution < -0.4 is 10.8 Å². The highest BCUT2D eigenvalue weighted by atomic mass is 16.7. The molecule has 0 spiro atoms. The monoisotopic (exact) mass is 325 g/mol. The quantitative estimate of drug-likeness (QED) is 0.879. The molecule has 5 nitrogen and oxygen atoms in total. The molecule has 1 N–H and O–H groups in total. The Morgan fingerprint density at radius 2 is 1.50 bits per heavy atom. The van der Waals surface area contributed by atoms with E-state index in [0.717, 1.165) is 11.2 Å². The number of aromatic nitrogens is 2. The summed E-state index contributed by atoms with van der Waals surface area (Å²) in [7, 11) is -0.439. The molecule has 0 amide bonds. The summed E-state index contributed by atoms with van der Waals surface area (Å²) in [5.74, 6) is 0.554. The van der Waals surface area contributed by atoms with Gasteiger partial charge in [-0.3, -0.25) is 0 Å². The Balaban J connectivity index is 1.73. The van der Waals surface area contributed by atoms with Crippen LogP contribution in [0.25, 0.3) is 0 Å². The predicted octanol–water partition coefficient (Wildman–Crippen LogP) is 3.14. The van der Waals surface area contributed by atoms with Crippen LogP contribution in [0.1, 0.15) is 38.8 Å². The number of anilines is 2. The fourth-order valence-corrected chi connectivity index (χ4v) is 2.45. The van der Waals surface area contributed by atoms with Crippen molar-refractivity contribution >= 4 is 24.2 Å². The minimum absolute atomic E-state index is 0.367. The molecule has 0 unspecified atom stereocenters. The van der Waals surface area contributed by atoms with Gasteiger partial charge in [0.25, 0.3) is 0 Å². The lowest BCUT2D eigenvalue weighted by Gasteiger charge is -2.32. The zero-order valence-electron chi connectivity index (χ0n) is 15.2. The topological polar surface area (TPSA) is 56.3 Å². The molecule has 1 fully saturated rings. The second-order valence-electron chi connectivity index (χ2n) is 7.35. The van der Waals surface area contributed by atoms with E-state index in [1.165, 1.54) is 11.1 Å². The van der Waals surface area contributed by atoms with Gasteiger partial charge in [0.15, 0.2) is 0 Å². The van der Waals surface area contributed by atoms with Crippen LogP contribution >= 0.6 is 0 Å². The first-order valence-corrected chi connectivity index (χ1v) is 8.20. The first-order chi connectivity index (χ1) is 11.2. The average Bonchev–Trinajstić information content (AvgIpc) is 2.72. The van der Waals surface area contributed by atoms with Gasteiger partial charge < -0.3 is 14.6 Å². The molecular weight excluding hydrogens is 301 g/mol. The number of aryl methyl sites for hydroxylation is 2. The van der Waals surface area contributed by atoms with Gasteiger partial charge in [-0.05, 0) is 64.8 Å². The van der Waals surface area contributed by atoms with Crippen molar-refractivity contribution in [2.75, 3.05) is 5.32 Å². The molecule has 1 saturated heterocycles. The van der Waals surface area contributed by atoms with Crippen molar-refractivity contribution in [2.24, 2.45) is 0 Å². The maximum absolute atomic E-state index is 6.01. The van der Waals surface area contributed by atoms with Gasteiger partial charge in [0.2, 0.25) is 5.95 Å². The van der Waals surface area contributed by atoms with E-state index in [1.54, 1.807) is 12.4 Å². The molecule has 0 aliphatic carbocycles. The van der Waals surface area contributed by atoms with Gasteiger partial charge >= 0.3 is 7.12 Å². The van der Waals surface area contributed by atoms with Gasteiger partial charge in [0, 0.05) is 23.5 Å². The first kappa shape index (κ1) is 16.9. The van der Waals surface area contributed by atoms with Crippen molar-refractivity contribution in [3.05, 3.63) is 41.7 Å². The molecule has 24 heavy (non-hydrogen) atoms. The van der Waals surface area contributed by atoms with Crippen LogP contribution in [0.5, 0.6) is 0 Å². The third kappa shape index (κ3) is 3.16. The highest BCUT2D eigenvalue weighted by Crippen LogP contribution is 2.36. The lowest BCUT2D eigenvalue weighted by molar-refractivity contribution is 0.00578. The molecule has 0 bridgehead atoms. The molecule has 2 heterocycles. The van der Waals surface area contributed by atoms with Gasteiger partial charge in [-0.1, -0.05) is 6.07 Å². The minimum Gasteiger partial charge on any atom is -0.399 e. The van der Waals surface area contributed by atoms with Gasteiger partial charge in [0.05, 0.1) is 11.2 Å². The van der Waals surface area contributed by atoms with E-state index < -0.39 is 7.12 Å². The third-order valence-corrected chi connectivity index (χ3v) is 4.96. The van der Waals surface area contributed by atoms with Gasteiger partial charge in [0.1, 0.15) is 0 Å². The SMILES string of the molecule is Cc1ccc(Nc2ncc(B3OC(C)(C)C(C)(C)O3)cn2)cc1C. The standard InChI is InChI=1S/C18H24BN3O2/c1-12-7-8-15(9-13(12)2)22-16-20-10-14(11-21-16)19-23-17(3,4)18(5,6)24-19/h7-11H,1-6H3,(H,20,21,22). The van der Waals surface area contributed by atoms with Crippen molar-refractivity contribution in [1.82, 2.24) is 9.97 Å². The summed E-state index contributed by atoms with van der Waals surface area (Å²) in [4.78, 5) is 8.77. The second-order valence-corrected chi connectivity index (χ2v) is 7.35. The highest BCUT2D eigenvalue weighted by Gasteiger charge is 2.51. The number of nitrogens with zero attached hydrogens (tertiary/aromatic N) is 2. The summed E-state index contributed by atoms with van der Waals surface area (Å²) in [5, 5.41) is 3.22. The lowest BCUT2D eigenvalue weighted by atomic mass is 9.81. The van der Waals surface area contributed by atoms with Crippen LogP contribution in [0.4, 0.5) is 11.6 Å². The molecule has 126 valence electrons. The van der Waals surface area contributed by atoms with E-state index in [1.807, 2.05) is 33.8 Å². The fraction of sp³-hybridized carbons (Fsp3) is 0.444. The first-order valence-electron chi connectivity index (χ1n) is 8.20. The average molecular weight is 325 g/mol. The highest BCUT2D eigenvalue weighted by molar-refractivity contribution is 6.61. The molecule has 0 saturated carbocycles. The largest absolute Gasteiger partial charge is 0.498 e. The number of hydrogen-bond acceptors (Lipinski definition) is 5. The smallest absolute Gasteiger partial charge is 0.399 e. The fourth-order valence-electron chi connectivity index (χ4n) is 2.45. The Morgan fingerprint density at radius 1 is 0.917 bits per heavy atom. The summed E-state index contributed by atoms with van der Waals surface area (Å²) >= 11 is 0. The molecule has 1 aromatic heterocycles.